The SMILES string of the molecule is NC(=O)CN1Cc2cc(NC(=O)c3cc(F)cc(C(F)(F)F)c3)c3c(c2NC1=O)C(=O)NC3c1ccc(F)cc1Cl. The maximum absolute atomic E-state index is 14.0. The summed E-state index contributed by atoms with van der Waals surface area (Å²) < 4.78 is 67.6. The smallest absolute Gasteiger partial charge is 0.368 e. The Morgan fingerprint density at radius 3 is 2.46 bits per heavy atom. The Balaban J connectivity index is 1.66. The van der Waals surface area contributed by atoms with E-state index in [0.717, 1.165) is 17.0 Å². The first-order valence-corrected chi connectivity index (χ1v) is 12.1. The molecule has 9 nitrogen and oxygen atoms in total. The van der Waals surface area contributed by atoms with Crippen LogP contribution in [0.2, 0.25) is 5.02 Å². The molecule has 0 bridgehead atoms. The van der Waals surface area contributed by atoms with Gasteiger partial charge in [-0.05, 0) is 47.5 Å². The minimum atomic E-state index is -4.94. The molecule has 0 fully saturated rings. The molecule has 5 amide bonds. The number of carbonyl (C=O) groups excluding carboxylic acids is 4. The molecule has 41 heavy (non-hydrogen) atoms. The fraction of sp³-hybridized carbons (Fsp3) is 0.154. The highest BCUT2D eigenvalue weighted by Crippen LogP contribution is 2.45. The molecular weight excluding hydrogens is 577 g/mol. The molecule has 0 radical (unpaired) electrons. The average Bonchev–Trinajstić information content (AvgIpc) is 3.21. The number of alkyl halides is 3. The second-order valence-corrected chi connectivity index (χ2v) is 9.66. The zero-order valence-electron chi connectivity index (χ0n) is 20.5. The molecule has 0 saturated heterocycles. The molecular formula is C26H17ClF5N5O4. The molecule has 1 atom stereocenters. The van der Waals surface area contributed by atoms with Gasteiger partial charge in [-0.1, -0.05) is 17.7 Å². The fourth-order valence-corrected chi connectivity index (χ4v) is 5.04. The number of anilines is 2. The third-order valence-corrected chi connectivity index (χ3v) is 6.80. The number of primary amides is 1. The van der Waals surface area contributed by atoms with E-state index >= 15 is 0 Å². The number of halogens is 6. The maximum atomic E-state index is 14.0. The predicted octanol–water partition coefficient (Wildman–Crippen LogP) is 4.55. The Labute approximate surface area is 232 Å². The van der Waals surface area contributed by atoms with E-state index in [0.29, 0.717) is 12.1 Å². The van der Waals surface area contributed by atoms with Crippen LogP contribution in [-0.4, -0.2) is 35.2 Å². The lowest BCUT2D eigenvalue weighted by Crippen LogP contribution is -2.43. The highest BCUT2D eigenvalue weighted by atomic mass is 35.5. The van der Waals surface area contributed by atoms with Crippen LogP contribution < -0.4 is 21.7 Å². The lowest BCUT2D eigenvalue weighted by molar-refractivity contribution is -0.137. The Morgan fingerprint density at radius 1 is 1.07 bits per heavy atom. The van der Waals surface area contributed by atoms with Gasteiger partial charge in [-0.3, -0.25) is 14.4 Å². The molecule has 15 heteroatoms. The minimum Gasteiger partial charge on any atom is -0.368 e. The van der Waals surface area contributed by atoms with Crippen LogP contribution in [0.3, 0.4) is 0 Å². The Morgan fingerprint density at radius 2 is 1.80 bits per heavy atom. The molecule has 2 aliphatic rings. The molecule has 0 aliphatic carbocycles. The molecule has 3 aromatic rings. The van der Waals surface area contributed by atoms with Gasteiger partial charge in [-0.15, -0.1) is 0 Å². The van der Waals surface area contributed by atoms with Gasteiger partial charge in [-0.25, -0.2) is 13.6 Å². The third kappa shape index (κ3) is 5.25. The topological polar surface area (TPSA) is 134 Å². The van der Waals surface area contributed by atoms with Gasteiger partial charge < -0.3 is 26.6 Å². The number of fused-ring (bicyclic) bond motifs is 3. The first kappa shape index (κ1) is 27.8. The maximum Gasteiger partial charge on any atom is 0.416 e. The number of amides is 5. The van der Waals surface area contributed by atoms with E-state index in [1.54, 1.807) is 0 Å². The van der Waals surface area contributed by atoms with Gasteiger partial charge >= 0.3 is 12.2 Å². The van der Waals surface area contributed by atoms with Crippen LogP contribution in [0.25, 0.3) is 0 Å². The van der Waals surface area contributed by atoms with Crippen molar-refractivity contribution in [1.29, 1.82) is 0 Å². The fourth-order valence-electron chi connectivity index (χ4n) is 4.76. The van der Waals surface area contributed by atoms with E-state index in [9.17, 15) is 41.1 Å². The summed E-state index contributed by atoms with van der Waals surface area (Å²) >= 11 is 6.24. The largest absolute Gasteiger partial charge is 0.416 e. The quantitative estimate of drug-likeness (QED) is 0.323. The summed E-state index contributed by atoms with van der Waals surface area (Å²) in [7, 11) is 0. The number of nitrogens with one attached hydrogen (secondary N) is 3. The first-order valence-electron chi connectivity index (χ1n) is 11.7. The Kier molecular flexibility index (Phi) is 6.81. The van der Waals surface area contributed by atoms with Gasteiger partial charge in [-0.2, -0.15) is 13.2 Å². The van der Waals surface area contributed by atoms with Crippen molar-refractivity contribution in [1.82, 2.24) is 10.2 Å². The van der Waals surface area contributed by atoms with Crippen LogP contribution in [0.5, 0.6) is 0 Å². The van der Waals surface area contributed by atoms with E-state index in [4.69, 9.17) is 17.3 Å². The van der Waals surface area contributed by atoms with Crippen LogP contribution in [0.4, 0.5) is 38.1 Å². The van der Waals surface area contributed by atoms with Gasteiger partial charge in [0.15, 0.2) is 0 Å². The molecule has 0 aromatic heterocycles. The summed E-state index contributed by atoms with van der Waals surface area (Å²) in [5, 5.41) is 7.51. The summed E-state index contributed by atoms with van der Waals surface area (Å²) in [5.41, 5.74) is 3.51. The molecule has 5 rings (SSSR count). The van der Waals surface area contributed by atoms with Crippen molar-refractivity contribution in [3.05, 3.63) is 92.5 Å². The molecule has 2 aliphatic heterocycles. The standard InChI is InChI=1S/C26H17ClF5N5O4/c27-16-7-13(28)1-2-15(16)22-19-17(34-23(39)10-3-12(26(30,31)32)6-14(29)4-10)5-11-8-37(9-18(33)38)25(41)36-21(11)20(19)24(40)35-22/h1-7,22H,8-9H2,(H2,33,38)(H,34,39)(H,35,40)(H,36,41). The van der Waals surface area contributed by atoms with Gasteiger partial charge in [0.05, 0.1) is 29.4 Å². The number of benzene rings is 3. The second-order valence-electron chi connectivity index (χ2n) is 9.25. The normalized spacial score (nSPS) is 16.0. The number of hydrogen-bond donors (Lipinski definition) is 4. The van der Waals surface area contributed by atoms with Crippen LogP contribution in [0, 0.1) is 11.6 Å². The van der Waals surface area contributed by atoms with E-state index in [1.807, 2.05) is 0 Å². The monoisotopic (exact) mass is 593 g/mol. The highest BCUT2D eigenvalue weighted by molar-refractivity contribution is 6.31. The van der Waals surface area contributed by atoms with Crippen LogP contribution in [-0.2, 0) is 17.5 Å². The molecule has 212 valence electrons. The zero-order valence-corrected chi connectivity index (χ0v) is 21.2. The number of urea groups is 1. The summed E-state index contributed by atoms with van der Waals surface area (Å²) in [6, 6.07) is 4.17. The summed E-state index contributed by atoms with van der Waals surface area (Å²) in [6.07, 6.45) is -4.94. The highest BCUT2D eigenvalue weighted by Gasteiger charge is 2.40. The van der Waals surface area contributed by atoms with E-state index < -0.39 is 65.3 Å². The van der Waals surface area contributed by atoms with Crippen molar-refractivity contribution in [2.24, 2.45) is 5.73 Å². The van der Waals surface area contributed by atoms with Gasteiger partial charge in [0.2, 0.25) is 5.91 Å². The van der Waals surface area contributed by atoms with Crippen molar-refractivity contribution in [3.63, 3.8) is 0 Å². The van der Waals surface area contributed by atoms with E-state index in [2.05, 4.69) is 16.0 Å². The molecule has 3 aromatic carbocycles. The third-order valence-electron chi connectivity index (χ3n) is 6.48. The summed E-state index contributed by atoms with van der Waals surface area (Å²) in [4.78, 5) is 51.5. The van der Waals surface area contributed by atoms with Crippen molar-refractivity contribution in [3.8, 4) is 0 Å². The lowest BCUT2D eigenvalue weighted by Gasteiger charge is -2.30. The van der Waals surface area contributed by atoms with E-state index in [1.165, 1.54) is 12.1 Å². The van der Waals surface area contributed by atoms with Crippen LogP contribution in [0.15, 0.2) is 42.5 Å². The number of hydrogen-bond acceptors (Lipinski definition) is 4. The summed E-state index contributed by atoms with van der Waals surface area (Å²) in [6.45, 7) is -0.707. The lowest BCUT2D eigenvalue weighted by atomic mass is 9.92. The Hall–Kier alpha value is -4.72. The van der Waals surface area contributed by atoms with Crippen molar-refractivity contribution in [2.75, 3.05) is 17.2 Å². The minimum absolute atomic E-state index is 0.0482. The number of nitrogens with two attached hydrogens (primary N) is 1. The molecule has 2 heterocycles. The second kappa shape index (κ2) is 10.0. The van der Waals surface area contributed by atoms with Gasteiger partial charge in [0.25, 0.3) is 11.8 Å². The molecule has 1 unspecified atom stereocenters. The first-order chi connectivity index (χ1) is 19.2. The van der Waals surface area contributed by atoms with Crippen molar-refractivity contribution < 1.29 is 41.1 Å². The predicted molar refractivity (Wildman–Crippen MR) is 135 cm³/mol. The van der Waals surface area contributed by atoms with Crippen LogP contribution >= 0.6 is 11.6 Å². The molecule has 5 N–H and O–H groups in total. The molecule has 0 saturated carbocycles. The van der Waals surface area contributed by atoms with Crippen molar-refractivity contribution >= 4 is 46.7 Å². The van der Waals surface area contributed by atoms with Gasteiger partial charge in [0.1, 0.15) is 18.2 Å². The number of carbonyl (C=O) groups is 4. The zero-order chi connectivity index (χ0) is 29.8. The van der Waals surface area contributed by atoms with E-state index in [-0.39, 0.29) is 51.3 Å². The van der Waals surface area contributed by atoms with Crippen molar-refractivity contribution in [2.45, 2.75) is 18.8 Å². The van der Waals surface area contributed by atoms with Gasteiger partial charge in [0, 0.05) is 21.8 Å². The number of rotatable bonds is 5. The average molecular weight is 594 g/mol. The summed E-state index contributed by atoms with van der Waals surface area (Å²) in [5.74, 6) is -4.66. The Bertz CT molecular complexity index is 1660. The number of nitrogens with zero attached hydrogens (tertiary/aromatic N) is 1. The van der Waals surface area contributed by atoms with Crippen LogP contribution in [0.1, 0.15) is 49.0 Å². The molecule has 0 spiro atoms.